The molecule has 0 spiro atoms. The largest absolute Gasteiger partial charge is 0.497 e. The molecule has 2 heterocycles. The molecule has 4 rings (SSSR count). The number of halogens is 1. The fraction of sp³-hybridized carbons (Fsp3) is 0.136. The highest BCUT2D eigenvalue weighted by molar-refractivity contribution is 7.99. The van der Waals surface area contributed by atoms with Crippen LogP contribution >= 0.6 is 34.7 Å². The highest BCUT2D eigenvalue weighted by Gasteiger charge is 2.16. The highest BCUT2D eigenvalue weighted by Crippen LogP contribution is 2.24. The molecule has 6 nitrogen and oxygen atoms in total. The average molecular weight is 472 g/mol. The Bertz CT molecular complexity index is 1300. The van der Waals surface area contributed by atoms with Gasteiger partial charge in [0.1, 0.15) is 10.4 Å². The molecule has 0 atom stereocenters. The van der Waals surface area contributed by atoms with Crippen molar-refractivity contribution in [2.75, 3.05) is 12.9 Å². The number of hydrogen-bond acceptors (Lipinski definition) is 6. The smallest absolute Gasteiger partial charge is 0.276 e. The van der Waals surface area contributed by atoms with E-state index in [0.29, 0.717) is 32.6 Å². The van der Waals surface area contributed by atoms with Crippen LogP contribution in [-0.2, 0) is 11.3 Å². The summed E-state index contributed by atoms with van der Waals surface area (Å²) in [5, 5.41) is 5.67. The zero-order valence-electron chi connectivity index (χ0n) is 16.5. The van der Waals surface area contributed by atoms with E-state index in [9.17, 15) is 9.59 Å². The van der Waals surface area contributed by atoms with E-state index >= 15 is 0 Å². The molecule has 31 heavy (non-hydrogen) atoms. The molecule has 158 valence electrons. The van der Waals surface area contributed by atoms with Gasteiger partial charge in [-0.2, -0.15) is 0 Å². The molecule has 1 N–H and O–H groups in total. The molecule has 0 unspecified atom stereocenters. The third-order valence-electron chi connectivity index (χ3n) is 4.47. The minimum Gasteiger partial charge on any atom is -0.497 e. The first kappa shape index (κ1) is 21.4. The molecular weight excluding hydrogens is 454 g/mol. The van der Waals surface area contributed by atoms with Crippen LogP contribution in [-0.4, -0.2) is 28.3 Å². The van der Waals surface area contributed by atoms with E-state index in [2.05, 4.69) is 10.3 Å². The van der Waals surface area contributed by atoms with Crippen LogP contribution in [0, 0.1) is 0 Å². The number of methoxy groups -OCH3 is 1. The standard InChI is InChI=1S/C22H18ClN3O3S2/c1-29-17-7-2-4-14(10-17)12-24-19(27)13-31-22-25-18-8-9-30-20(18)21(28)26(22)16-6-3-5-15(23)11-16/h2-11H,12-13H2,1H3,(H,24,27). The third-order valence-corrected chi connectivity index (χ3v) is 6.54. The number of amides is 1. The third kappa shape index (κ3) is 4.92. The van der Waals surface area contributed by atoms with E-state index in [1.54, 1.807) is 37.4 Å². The molecule has 0 fully saturated rings. The van der Waals surface area contributed by atoms with Gasteiger partial charge in [-0.15, -0.1) is 11.3 Å². The minimum atomic E-state index is -0.179. The maximum absolute atomic E-state index is 13.1. The number of aromatic nitrogens is 2. The van der Waals surface area contributed by atoms with Crippen LogP contribution in [0.15, 0.2) is 69.9 Å². The Morgan fingerprint density at radius 3 is 2.87 bits per heavy atom. The number of ether oxygens (including phenoxy) is 1. The number of nitrogens with one attached hydrogen (secondary N) is 1. The van der Waals surface area contributed by atoms with Crippen molar-refractivity contribution in [1.82, 2.24) is 14.9 Å². The summed E-state index contributed by atoms with van der Waals surface area (Å²) in [5.74, 6) is 0.692. The van der Waals surface area contributed by atoms with Gasteiger partial charge in [-0.3, -0.25) is 14.2 Å². The lowest BCUT2D eigenvalue weighted by molar-refractivity contribution is -0.118. The summed E-state index contributed by atoms with van der Waals surface area (Å²) >= 11 is 8.68. The summed E-state index contributed by atoms with van der Waals surface area (Å²) in [4.78, 5) is 30.2. The SMILES string of the molecule is COc1cccc(CNC(=O)CSc2nc3ccsc3c(=O)n2-c2cccc(Cl)c2)c1. The van der Waals surface area contributed by atoms with Gasteiger partial charge in [0.2, 0.25) is 5.91 Å². The lowest BCUT2D eigenvalue weighted by Crippen LogP contribution is -2.26. The molecule has 1 amide bonds. The van der Waals surface area contributed by atoms with Gasteiger partial charge in [-0.05, 0) is 47.3 Å². The van der Waals surface area contributed by atoms with Gasteiger partial charge in [0.05, 0.1) is 24.1 Å². The summed E-state index contributed by atoms with van der Waals surface area (Å²) in [6.45, 7) is 0.384. The van der Waals surface area contributed by atoms with E-state index in [0.717, 1.165) is 11.3 Å². The lowest BCUT2D eigenvalue weighted by Gasteiger charge is -2.12. The van der Waals surface area contributed by atoms with E-state index in [-0.39, 0.29) is 17.2 Å². The predicted octanol–water partition coefficient (Wildman–Crippen LogP) is 4.52. The van der Waals surface area contributed by atoms with Crippen LogP contribution in [0.4, 0.5) is 0 Å². The first-order valence-electron chi connectivity index (χ1n) is 9.34. The number of rotatable bonds is 7. The molecule has 0 radical (unpaired) electrons. The molecule has 0 aliphatic heterocycles. The molecular formula is C22H18ClN3O3S2. The summed E-state index contributed by atoms with van der Waals surface area (Å²) < 4.78 is 7.27. The maximum Gasteiger partial charge on any atom is 0.276 e. The van der Waals surface area contributed by atoms with Gasteiger partial charge in [0, 0.05) is 11.6 Å². The molecule has 9 heteroatoms. The second kappa shape index (κ2) is 9.55. The van der Waals surface area contributed by atoms with Crippen molar-refractivity contribution in [1.29, 1.82) is 0 Å². The number of fused-ring (bicyclic) bond motifs is 1. The van der Waals surface area contributed by atoms with Crippen LogP contribution < -0.4 is 15.6 Å². The second-order valence-corrected chi connectivity index (χ2v) is 8.86. The summed E-state index contributed by atoms with van der Waals surface area (Å²) in [6, 6.07) is 16.3. The molecule has 4 aromatic rings. The Hall–Kier alpha value is -2.81. The Balaban J connectivity index is 1.54. The number of carbonyl (C=O) groups is 1. The molecule has 0 bridgehead atoms. The van der Waals surface area contributed by atoms with Crippen molar-refractivity contribution in [3.63, 3.8) is 0 Å². The van der Waals surface area contributed by atoms with E-state index in [1.807, 2.05) is 29.6 Å². The van der Waals surface area contributed by atoms with Gasteiger partial charge in [0.25, 0.3) is 5.56 Å². The minimum absolute atomic E-state index is 0.118. The van der Waals surface area contributed by atoms with Gasteiger partial charge in [-0.1, -0.05) is 41.6 Å². The first-order chi connectivity index (χ1) is 15.0. The van der Waals surface area contributed by atoms with E-state index < -0.39 is 0 Å². The Labute approximate surface area is 191 Å². The van der Waals surface area contributed by atoms with E-state index in [4.69, 9.17) is 16.3 Å². The first-order valence-corrected chi connectivity index (χ1v) is 11.6. The summed E-state index contributed by atoms with van der Waals surface area (Å²) in [7, 11) is 1.60. The number of thioether (sulfide) groups is 1. The number of nitrogens with zero attached hydrogens (tertiary/aromatic N) is 2. The van der Waals surface area contributed by atoms with Crippen molar-refractivity contribution < 1.29 is 9.53 Å². The van der Waals surface area contributed by atoms with Gasteiger partial charge in [0.15, 0.2) is 5.16 Å². The fourth-order valence-corrected chi connectivity index (χ4v) is 4.78. The lowest BCUT2D eigenvalue weighted by atomic mass is 10.2. The van der Waals surface area contributed by atoms with Crippen molar-refractivity contribution in [2.24, 2.45) is 0 Å². The normalized spacial score (nSPS) is 10.9. The van der Waals surface area contributed by atoms with Crippen LogP contribution in [0.1, 0.15) is 5.56 Å². The molecule has 0 saturated carbocycles. The quantitative estimate of drug-likeness (QED) is 0.317. The van der Waals surface area contributed by atoms with Gasteiger partial charge >= 0.3 is 0 Å². The Morgan fingerprint density at radius 2 is 2.06 bits per heavy atom. The van der Waals surface area contributed by atoms with Crippen molar-refractivity contribution in [3.8, 4) is 11.4 Å². The molecule has 0 aliphatic carbocycles. The zero-order chi connectivity index (χ0) is 21.8. The van der Waals surface area contributed by atoms with Gasteiger partial charge < -0.3 is 10.1 Å². The topological polar surface area (TPSA) is 73.2 Å². The Morgan fingerprint density at radius 1 is 1.23 bits per heavy atom. The predicted molar refractivity (Wildman–Crippen MR) is 126 cm³/mol. The van der Waals surface area contributed by atoms with Crippen molar-refractivity contribution in [3.05, 3.63) is 80.9 Å². The number of thiophene rings is 1. The van der Waals surface area contributed by atoms with Crippen molar-refractivity contribution >= 4 is 50.8 Å². The molecule has 0 saturated heterocycles. The zero-order valence-corrected chi connectivity index (χ0v) is 18.9. The molecule has 2 aromatic heterocycles. The summed E-state index contributed by atoms with van der Waals surface area (Å²) in [5.41, 5.74) is 1.99. The second-order valence-electron chi connectivity index (χ2n) is 6.57. The molecule has 2 aromatic carbocycles. The Kier molecular flexibility index (Phi) is 6.60. The maximum atomic E-state index is 13.1. The number of hydrogen-bond donors (Lipinski definition) is 1. The monoisotopic (exact) mass is 471 g/mol. The van der Waals surface area contributed by atoms with Crippen LogP contribution in [0.25, 0.3) is 15.9 Å². The van der Waals surface area contributed by atoms with Crippen LogP contribution in [0.2, 0.25) is 5.02 Å². The van der Waals surface area contributed by atoms with Crippen LogP contribution in [0.5, 0.6) is 5.75 Å². The fourth-order valence-electron chi connectivity index (χ4n) is 3.00. The molecule has 0 aliphatic rings. The van der Waals surface area contributed by atoms with E-state index in [1.165, 1.54) is 27.7 Å². The number of carbonyl (C=O) groups excluding carboxylic acids is 1. The van der Waals surface area contributed by atoms with Crippen LogP contribution in [0.3, 0.4) is 0 Å². The highest BCUT2D eigenvalue weighted by atomic mass is 35.5. The van der Waals surface area contributed by atoms with Gasteiger partial charge in [-0.25, -0.2) is 4.98 Å². The average Bonchev–Trinajstić information content (AvgIpc) is 3.25. The number of benzene rings is 2. The van der Waals surface area contributed by atoms with Crippen molar-refractivity contribution in [2.45, 2.75) is 11.7 Å². The summed E-state index contributed by atoms with van der Waals surface area (Å²) in [6.07, 6.45) is 0.